The van der Waals surface area contributed by atoms with E-state index in [1.807, 2.05) is 27.8 Å². The van der Waals surface area contributed by atoms with E-state index in [0.717, 1.165) is 38.6 Å². The van der Waals surface area contributed by atoms with Crippen LogP contribution < -0.4 is 10.6 Å². The first-order chi connectivity index (χ1) is 14.1. The quantitative estimate of drug-likeness (QED) is 0.287. The standard InChI is InChI=1S/C22H43N5O3.HI/c1-16(2)19(25-21(28)30-22(3,4)5)10-12-26(7)20(23-6)24-13-18-14-27-11-8-9-17(27)15-29-18;/h16-19H,8-15H2,1-7H3,(H,23,24)(H,25,28);1H. The molecule has 8 nitrogen and oxygen atoms in total. The molecule has 2 heterocycles. The minimum atomic E-state index is -0.495. The van der Waals surface area contributed by atoms with Gasteiger partial charge in [0.25, 0.3) is 0 Å². The summed E-state index contributed by atoms with van der Waals surface area (Å²) < 4.78 is 11.5. The van der Waals surface area contributed by atoms with E-state index in [1.54, 1.807) is 7.05 Å². The van der Waals surface area contributed by atoms with Crippen molar-refractivity contribution in [1.82, 2.24) is 20.4 Å². The van der Waals surface area contributed by atoms with Gasteiger partial charge in [0.2, 0.25) is 0 Å². The van der Waals surface area contributed by atoms with E-state index in [0.29, 0.717) is 12.0 Å². The Hall–Kier alpha value is -0.810. The van der Waals surface area contributed by atoms with Gasteiger partial charge in [0.15, 0.2) is 5.96 Å². The SMILES string of the molecule is CN=C(NCC1CN2CCCC2CO1)N(C)CCC(NC(=O)OC(C)(C)C)C(C)C.I. The molecule has 0 saturated carbocycles. The molecule has 1 amide bonds. The lowest BCUT2D eigenvalue weighted by Crippen LogP contribution is -2.52. The number of amides is 1. The molecular formula is C22H44IN5O3. The highest BCUT2D eigenvalue weighted by Gasteiger charge is 2.32. The number of carbonyl (C=O) groups is 1. The van der Waals surface area contributed by atoms with Gasteiger partial charge in [-0.25, -0.2) is 4.79 Å². The van der Waals surface area contributed by atoms with Crippen LogP contribution >= 0.6 is 24.0 Å². The van der Waals surface area contributed by atoms with E-state index >= 15 is 0 Å². The Kier molecular flexibility index (Phi) is 11.9. The van der Waals surface area contributed by atoms with Gasteiger partial charge in [-0.1, -0.05) is 13.8 Å². The molecule has 3 unspecified atom stereocenters. The summed E-state index contributed by atoms with van der Waals surface area (Å²) in [5, 5.41) is 6.47. The van der Waals surface area contributed by atoms with Gasteiger partial charge in [0.1, 0.15) is 5.60 Å². The van der Waals surface area contributed by atoms with Crippen LogP contribution in [0.25, 0.3) is 0 Å². The van der Waals surface area contributed by atoms with Crippen molar-refractivity contribution in [2.24, 2.45) is 10.9 Å². The molecular weight excluding hydrogens is 509 g/mol. The van der Waals surface area contributed by atoms with E-state index in [-0.39, 0.29) is 42.2 Å². The molecule has 2 N–H and O–H groups in total. The lowest BCUT2D eigenvalue weighted by molar-refractivity contribution is -0.0454. The molecule has 0 aromatic rings. The lowest BCUT2D eigenvalue weighted by Gasteiger charge is -2.36. The molecule has 9 heteroatoms. The monoisotopic (exact) mass is 553 g/mol. The summed E-state index contributed by atoms with van der Waals surface area (Å²) in [5.41, 5.74) is -0.495. The van der Waals surface area contributed by atoms with E-state index in [9.17, 15) is 4.79 Å². The van der Waals surface area contributed by atoms with Crippen molar-refractivity contribution in [2.45, 2.75) is 77.7 Å². The van der Waals surface area contributed by atoms with Gasteiger partial charge in [-0.05, 0) is 52.5 Å². The van der Waals surface area contributed by atoms with Crippen LogP contribution in [0.2, 0.25) is 0 Å². The molecule has 2 fully saturated rings. The highest BCUT2D eigenvalue weighted by molar-refractivity contribution is 14.0. The summed E-state index contributed by atoms with van der Waals surface area (Å²) in [6, 6.07) is 0.655. The zero-order valence-corrected chi connectivity index (χ0v) is 22.8. The molecule has 182 valence electrons. The van der Waals surface area contributed by atoms with Crippen molar-refractivity contribution < 1.29 is 14.3 Å². The first kappa shape index (κ1) is 28.2. The van der Waals surface area contributed by atoms with Gasteiger partial charge in [-0.3, -0.25) is 9.89 Å². The summed E-state index contributed by atoms with van der Waals surface area (Å²) in [6.45, 7) is 14.4. The molecule has 2 aliphatic rings. The van der Waals surface area contributed by atoms with E-state index in [1.165, 1.54) is 19.4 Å². The number of hydrogen-bond acceptors (Lipinski definition) is 5. The summed E-state index contributed by atoms with van der Waals surface area (Å²) >= 11 is 0. The Morgan fingerprint density at radius 3 is 2.68 bits per heavy atom. The molecule has 31 heavy (non-hydrogen) atoms. The Morgan fingerprint density at radius 1 is 1.35 bits per heavy atom. The van der Waals surface area contributed by atoms with Gasteiger partial charge in [-0.2, -0.15) is 0 Å². The summed E-state index contributed by atoms with van der Waals surface area (Å²) in [7, 11) is 3.83. The van der Waals surface area contributed by atoms with Gasteiger partial charge in [0, 0.05) is 45.8 Å². The second-order valence-corrected chi connectivity index (χ2v) is 9.88. The Bertz CT molecular complexity index is 582. The summed E-state index contributed by atoms with van der Waals surface area (Å²) in [4.78, 5) is 21.2. The zero-order chi connectivity index (χ0) is 22.3. The van der Waals surface area contributed by atoms with Crippen LogP contribution in [-0.2, 0) is 9.47 Å². The number of aliphatic imine (C=N–C) groups is 1. The Balaban J connectivity index is 0.00000480. The summed E-state index contributed by atoms with van der Waals surface area (Å²) in [5.74, 6) is 1.16. The largest absolute Gasteiger partial charge is 0.444 e. The number of nitrogens with zero attached hydrogens (tertiary/aromatic N) is 3. The van der Waals surface area contributed by atoms with Gasteiger partial charge < -0.3 is 25.0 Å². The topological polar surface area (TPSA) is 78.4 Å². The Labute approximate surface area is 205 Å². The molecule has 0 aromatic carbocycles. The van der Waals surface area contributed by atoms with Crippen LogP contribution in [0, 0.1) is 5.92 Å². The predicted octanol–water partition coefficient (Wildman–Crippen LogP) is 2.91. The van der Waals surface area contributed by atoms with Crippen LogP contribution in [0.4, 0.5) is 4.79 Å². The third-order valence-electron chi connectivity index (χ3n) is 5.81. The average Bonchev–Trinajstić information content (AvgIpc) is 3.11. The van der Waals surface area contributed by atoms with Crippen LogP contribution in [0.3, 0.4) is 0 Å². The van der Waals surface area contributed by atoms with Gasteiger partial charge in [0.05, 0.1) is 12.7 Å². The molecule has 0 aliphatic carbocycles. The third-order valence-corrected chi connectivity index (χ3v) is 5.81. The van der Waals surface area contributed by atoms with Crippen LogP contribution in [-0.4, -0.2) is 92.5 Å². The van der Waals surface area contributed by atoms with Gasteiger partial charge in [-0.15, -0.1) is 24.0 Å². The normalized spacial score (nSPS) is 23.0. The smallest absolute Gasteiger partial charge is 0.407 e. The van der Waals surface area contributed by atoms with Crippen LogP contribution in [0.5, 0.6) is 0 Å². The first-order valence-electron chi connectivity index (χ1n) is 11.4. The van der Waals surface area contributed by atoms with Gasteiger partial charge >= 0.3 is 6.09 Å². The number of halogens is 1. The molecule has 0 spiro atoms. The van der Waals surface area contributed by atoms with Crippen molar-refractivity contribution in [3.63, 3.8) is 0 Å². The molecule has 0 aromatic heterocycles. The minimum Gasteiger partial charge on any atom is -0.444 e. The molecule has 0 bridgehead atoms. The number of guanidine groups is 1. The molecule has 2 rings (SSSR count). The lowest BCUT2D eigenvalue weighted by atomic mass is 10.0. The van der Waals surface area contributed by atoms with Crippen molar-refractivity contribution in [1.29, 1.82) is 0 Å². The van der Waals surface area contributed by atoms with E-state index in [4.69, 9.17) is 9.47 Å². The summed E-state index contributed by atoms with van der Waals surface area (Å²) in [6.07, 6.45) is 3.19. The highest BCUT2D eigenvalue weighted by Crippen LogP contribution is 2.22. The third kappa shape index (κ3) is 9.69. The molecule has 0 radical (unpaired) electrons. The maximum Gasteiger partial charge on any atom is 0.407 e. The maximum absolute atomic E-state index is 12.2. The first-order valence-corrected chi connectivity index (χ1v) is 11.4. The van der Waals surface area contributed by atoms with Crippen molar-refractivity contribution >= 4 is 36.0 Å². The number of hydrogen-bond donors (Lipinski definition) is 2. The number of carbonyl (C=O) groups excluding carboxylic acids is 1. The molecule has 2 saturated heterocycles. The average molecular weight is 554 g/mol. The van der Waals surface area contributed by atoms with E-state index < -0.39 is 5.60 Å². The van der Waals surface area contributed by atoms with Crippen molar-refractivity contribution in [2.75, 3.05) is 46.9 Å². The van der Waals surface area contributed by atoms with Crippen LogP contribution in [0.15, 0.2) is 4.99 Å². The molecule has 2 aliphatic heterocycles. The number of ether oxygens (including phenoxy) is 2. The fraction of sp³-hybridized carbons (Fsp3) is 0.909. The second kappa shape index (κ2) is 13.0. The van der Waals surface area contributed by atoms with Crippen molar-refractivity contribution in [3.8, 4) is 0 Å². The number of alkyl carbamates (subject to hydrolysis) is 1. The second-order valence-electron chi connectivity index (χ2n) is 9.88. The zero-order valence-electron chi connectivity index (χ0n) is 20.4. The number of morpholine rings is 1. The highest BCUT2D eigenvalue weighted by atomic mass is 127. The number of fused-ring (bicyclic) bond motifs is 1. The van der Waals surface area contributed by atoms with Crippen molar-refractivity contribution in [3.05, 3.63) is 0 Å². The maximum atomic E-state index is 12.2. The van der Waals surface area contributed by atoms with E-state index in [2.05, 4.69) is 39.3 Å². The number of rotatable bonds is 7. The minimum absolute atomic E-state index is 0. The van der Waals surface area contributed by atoms with Crippen LogP contribution in [0.1, 0.15) is 53.9 Å². The number of nitrogens with one attached hydrogen (secondary N) is 2. The predicted molar refractivity (Wildman–Crippen MR) is 136 cm³/mol. The fourth-order valence-corrected chi connectivity index (χ4v) is 4.07. The Morgan fingerprint density at radius 2 is 2.06 bits per heavy atom. The fourth-order valence-electron chi connectivity index (χ4n) is 4.07. The molecule has 3 atom stereocenters.